The number of hydrogen-bond donors (Lipinski definition) is 2. The van der Waals surface area contributed by atoms with Gasteiger partial charge in [-0.15, -0.1) is 0 Å². The highest BCUT2D eigenvalue weighted by atomic mass is 16.1. The maximum atomic E-state index is 11.5. The van der Waals surface area contributed by atoms with Crippen molar-refractivity contribution >= 4 is 5.91 Å². The Morgan fingerprint density at radius 2 is 1.94 bits per heavy atom. The molecule has 0 bridgehead atoms. The lowest BCUT2D eigenvalue weighted by Gasteiger charge is -2.06. The molecule has 1 aliphatic rings. The number of carbonyl (C=O) groups is 1. The number of rotatable bonds is 8. The molecule has 2 N–H and O–H groups in total. The Morgan fingerprint density at radius 1 is 1.17 bits per heavy atom. The van der Waals surface area contributed by atoms with Crippen LogP contribution in [-0.4, -0.2) is 25.0 Å². The van der Waals surface area contributed by atoms with E-state index in [2.05, 4.69) is 34.9 Å². The van der Waals surface area contributed by atoms with E-state index >= 15 is 0 Å². The standard InChI is InChI=1S/C15H22N2O/c18-15(10-12-16-14-8-9-14)17-11-4-7-13-5-2-1-3-6-13/h1-3,5-6,14,16H,4,7-12H2,(H,17,18). The molecule has 1 amide bonds. The van der Waals surface area contributed by atoms with E-state index in [0.29, 0.717) is 12.5 Å². The Kier molecular flexibility index (Phi) is 5.21. The zero-order valence-corrected chi connectivity index (χ0v) is 10.8. The molecule has 0 unspecified atom stereocenters. The van der Waals surface area contributed by atoms with E-state index in [1.165, 1.54) is 18.4 Å². The SMILES string of the molecule is O=C(CCNC1CC1)NCCCc1ccccc1. The summed E-state index contributed by atoms with van der Waals surface area (Å²) in [7, 11) is 0. The highest BCUT2D eigenvalue weighted by molar-refractivity contribution is 5.76. The van der Waals surface area contributed by atoms with Crippen molar-refractivity contribution in [1.29, 1.82) is 0 Å². The van der Waals surface area contributed by atoms with Crippen LogP contribution in [0, 0.1) is 0 Å². The summed E-state index contributed by atoms with van der Waals surface area (Å²) in [5, 5.41) is 6.31. The highest BCUT2D eigenvalue weighted by Gasteiger charge is 2.19. The lowest BCUT2D eigenvalue weighted by atomic mass is 10.1. The van der Waals surface area contributed by atoms with Crippen LogP contribution in [0.15, 0.2) is 30.3 Å². The second-order valence-corrected chi connectivity index (χ2v) is 4.92. The average Bonchev–Trinajstić information content (AvgIpc) is 3.20. The van der Waals surface area contributed by atoms with Gasteiger partial charge < -0.3 is 10.6 Å². The molecule has 3 nitrogen and oxygen atoms in total. The summed E-state index contributed by atoms with van der Waals surface area (Å²) in [6.07, 6.45) is 5.19. The van der Waals surface area contributed by atoms with Crippen LogP contribution in [0.1, 0.15) is 31.2 Å². The van der Waals surface area contributed by atoms with Crippen LogP contribution < -0.4 is 10.6 Å². The Morgan fingerprint density at radius 3 is 2.67 bits per heavy atom. The molecule has 2 rings (SSSR count). The average molecular weight is 246 g/mol. The molecule has 18 heavy (non-hydrogen) atoms. The summed E-state index contributed by atoms with van der Waals surface area (Å²) in [6, 6.07) is 11.1. The van der Waals surface area contributed by atoms with Gasteiger partial charge in [-0.3, -0.25) is 4.79 Å². The lowest BCUT2D eigenvalue weighted by molar-refractivity contribution is -0.121. The van der Waals surface area contributed by atoms with Crippen molar-refractivity contribution in [3.63, 3.8) is 0 Å². The van der Waals surface area contributed by atoms with Gasteiger partial charge in [0.2, 0.25) is 5.91 Å². The lowest BCUT2D eigenvalue weighted by Crippen LogP contribution is -2.29. The van der Waals surface area contributed by atoms with Gasteiger partial charge in [0.25, 0.3) is 0 Å². The smallest absolute Gasteiger partial charge is 0.221 e. The van der Waals surface area contributed by atoms with E-state index in [1.807, 2.05) is 6.07 Å². The van der Waals surface area contributed by atoms with Crippen molar-refractivity contribution in [2.75, 3.05) is 13.1 Å². The van der Waals surface area contributed by atoms with Gasteiger partial charge in [-0.1, -0.05) is 30.3 Å². The molecule has 1 aromatic rings. The van der Waals surface area contributed by atoms with Crippen molar-refractivity contribution in [1.82, 2.24) is 10.6 Å². The maximum Gasteiger partial charge on any atom is 0.221 e. The Labute approximate surface area is 109 Å². The molecule has 0 aliphatic heterocycles. The first-order valence-corrected chi connectivity index (χ1v) is 6.88. The molecule has 0 atom stereocenters. The van der Waals surface area contributed by atoms with Crippen LogP contribution >= 0.6 is 0 Å². The van der Waals surface area contributed by atoms with Gasteiger partial charge in [-0.25, -0.2) is 0 Å². The first kappa shape index (κ1) is 13.1. The fourth-order valence-electron chi connectivity index (χ4n) is 1.93. The van der Waals surface area contributed by atoms with Crippen LogP contribution in [0.4, 0.5) is 0 Å². The number of amides is 1. The summed E-state index contributed by atoms with van der Waals surface area (Å²) >= 11 is 0. The molecule has 1 aliphatic carbocycles. The molecule has 0 aromatic heterocycles. The normalized spacial score (nSPS) is 14.4. The summed E-state index contributed by atoms with van der Waals surface area (Å²) < 4.78 is 0. The van der Waals surface area contributed by atoms with Crippen LogP contribution in [0.25, 0.3) is 0 Å². The van der Waals surface area contributed by atoms with Crippen molar-refractivity contribution in [2.24, 2.45) is 0 Å². The van der Waals surface area contributed by atoms with Gasteiger partial charge in [0.1, 0.15) is 0 Å². The monoisotopic (exact) mass is 246 g/mol. The summed E-state index contributed by atoms with van der Waals surface area (Å²) in [4.78, 5) is 11.5. The molecule has 0 saturated heterocycles. The first-order chi connectivity index (χ1) is 8.84. The van der Waals surface area contributed by atoms with Gasteiger partial charge in [0.05, 0.1) is 0 Å². The third kappa shape index (κ3) is 5.32. The number of nitrogens with one attached hydrogen (secondary N) is 2. The minimum Gasteiger partial charge on any atom is -0.356 e. The third-order valence-corrected chi connectivity index (χ3v) is 3.17. The van der Waals surface area contributed by atoms with Crippen molar-refractivity contribution in [3.05, 3.63) is 35.9 Å². The molecule has 98 valence electrons. The van der Waals surface area contributed by atoms with E-state index in [0.717, 1.165) is 25.9 Å². The molecule has 0 heterocycles. The molecular weight excluding hydrogens is 224 g/mol. The van der Waals surface area contributed by atoms with Crippen molar-refractivity contribution in [3.8, 4) is 0 Å². The maximum absolute atomic E-state index is 11.5. The third-order valence-electron chi connectivity index (χ3n) is 3.17. The molecule has 1 fully saturated rings. The number of hydrogen-bond acceptors (Lipinski definition) is 2. The van der Waals surface area contributed by atoms with Gasteiger partial charge >= 0.3 is 0 Å². The zero-order chi connectivity index (χ0) is 12.6. The van der Waals surface area contributed by atoms with Crippen molar-refractivity contribution < 1.29 is 4.79 Å². The van der Waals surface area contributed by atoms with E-state index in [9.17, 15) is 4.79 Å². The van der Waals surface area contributed by atoms with E-state index in [1.54, 1.807) is 0 Å². The Bertz CT molecular complexity index is 360. The fourth-order valence-corrected chi connectivity index (χ4v) is 1.93. The van der Waals surface area contributed by atoms with Crippen LogP contribution in [-0.2, 0) is 11.2 Å². The predicted molar refractivity (Wildman–Crippen MR) is 73.4 cm³/mol. The Hall–Kier alpha value is -1.35. The largest absolute Gasteiger partial charge is 0.356 e. The second kappa shape index (κ2) is 7.17. The van der Waals surface area contributed by atoms with Gasteiger partial charge in [0, 0.05) is 25.6 Å². The van der Waals surface area contributed by atoms with Gasteiger partial charge in [-0.2, -0.15) is 0 Å². The minimum absolute atomic E-state index is 0.163. The fraction of sp³-hybridized carbons (Fsp3) is 0.533. The second-order valence-electron chi connectivity index (χ2n) is 4.92. The number of carbonyl (C=O) groups excluding carboxylic acids is 1. The summed E-state index contributed by atoms with van der Waals surface area (Å²) in [5.41, 5.74) is 1.34. The van der Waals surface area contributed by atoms with Gasteiger partial charge in [-0.05, 0) is 31.2 Å². The van der Waals surface area contributed by atoms with Crippen LogP contribution in [0.2, 0.25) is 0 Å². The van der Waals surface area contributed by atoms with E-state index in [4.69, 9.17) is 0 Å². The minimum atomic E-state index is 0.163. The highest BCUT2D eigenvalue weighted by Crippen LogP contribution is 2.18. The molecule has 0 radical (unpaired) electrons. The van der Waals surface area contributed by atoms with Crippen LogP contribution in [0.3, 0.4) is 0 Å². The topological polar surface area (TPSA) is 41.1 Å². The van der Waals surface area contributed by atoms with Crippen LogP contribution in [0.5, 0.6) is 0 Å². The van der Waals surface area contributed by atoms with Crippen molar-refractivity contribution in [2.45, 2.75) is 38.1 Å². The number of aryl methyl sites for hydroxylation is 1. The first-order valence-electron chi connectivity index (χ1n) is 6.88. The molecule has 0 spiro atoms. The van der Waals surface area contributed by atoms with E-state index in [-0.39, 0.29) is 5.91 Å². The molecular formula is C15H22N2O. The number of benzene rings is 1. The quantitative estimate of drug-likeness (QED) is 0.688. The molecule has 1 saturated carbocycles. The summed E-state index contributed by atoms with van der Waals surface area (Å²) in [6.45, 7) is 1.59. The predicted octanol–water partition coefficient (Wildman–Crippen LogP) is 1.88. The Balaban J connectivity index is 1.48. The molecule has 1 aromatic carbocycles. The molecule has 3 heteroatoms. The van der Waals surface area contributed by atoms with E-state index < -0.39 is 0 Å². The zero-order valence-electron chi connectivity index (χ0n) is 10.8. The summed E-state index contributed by atoms with van der Waals surface area (Å²) in [5.74, 6) is 0.163. The van der Waals surface area contributed by atoms with Gasteiger partial charge in [0.15, 0.2) is 0 Å².